The Balaban J connectivity index is 1.61. The minimum absolute atomic E-state index is 0.0343. The van der Waals surface area contributed by atoms with Gasteiger partial charge in [0.25, 0.3) is 5.95 Å². The molecule has 166 valence electrons. The Morgan fingerprint density at radius 1 is 1.12 bits per heavy atom. The third-order valence-electron chi connectivity index (χ3n) is 5.26. The van der Waals surface area contributed by atoms with Crippen LogP contribution in [-0.2, 0) is 9.59 Å². The van der Waals surface area contributed by atoms with E-state index in [2.05, 4.69) is 20.7 Å². The zero-order chi connectivity index (χ0) is 22.7. The number of hydrogen-bond acceptors (Lipinski definition) is 6. The van der Waals surface area contributed by atoms with Gasteiger partial charge >= 0.3 is 0 Å². The van der Waals surface area contributed by atoms with Crippen LogP contribution >= 0.6 is 23.2 Å². The van der Waals surface area contributed by atoms with E-state index in [1.54, 1.807) is 4.68 Å². The second-order valence-corrected chi connectivity index (χ2v) is 8.34. The summed E-state index contributed by atoms with van der Waals surface area (Å²) in [7, 11) is 0. The molecule has 0 fully saturated rings. The molecular formula is C22H20Cl2N5O3-. The zero-order valence-electron chi connectivity index (χ0n) is 16.9. The lowest BCUT2D eigenvalue weighted by molar-refractivity contribution is -0.305. The van der Waals surface area contributed by atoms with Crippen molar-refractivity contribution in [2.24, 2.45) is 0 Å². The highest BCUT2D eigenvalue weighted by Gasteiger charge is 2.32. The van der Waals surface area contributed by atoms with E-state index >= 15 is 0 Å². The summed E-state index contributed by atoms with van der Waals surface area (Å²) >= 11 is 12.5. The van der Waals surface area contributed by atoms with E-state index in [1.165, 1.54) is 0 Å². The lowest BCUT2D eigenvalue weighted by Crippen LogP contribution is -2.28. The number of nitrogens with zero attached hydrogens (tertiary/aromatic N) is 3. The van der Waals surface area contributed by atoms with E-state index in [-0.39, 0.29) is 43.2 Å². The largest absolute Gasteiger partial charge is 0.550 e. The number of aromatic nitrogens is 3. The van der Waals surface area contributed by atoms with Crippen LogP contribution in [0.3, 0.4) is 0 Å². The maximum atomic E-state index is 12.2. The molecule has 0 unspecified atom stereocenters. The molecule has 0 radical (unpaired) electrons. The number of nitrogens with one attached hydrogen (secondary N) is 2. The number of benzene rings is 2. The lowest BCUT2D eigenvalue weighted by atomic mass is 9.93. The number of aliphatic carboxylic acids is 1. The van der Waals surface area contributed by atoms with Crippen LogP contribution < -0.4 is 15.7 Å². The van der Waals surface area contributed by atoms with Crippen LogP contribution in [0.1, 0.15) is 48.9 Å². The second-order valence-electron chi connectivity index (χ2n) is 7.50. The van der Waals surface area contributed by atoms with E-state index in [9.17, 15) is 14.7 Å². The summed E-state index contributed by atoms with van der Waals surface area (Å²) in [5.41, 5.74) is 1.93. The van der Waals surface area contributed by atoms with E-state index in [4.69, 9.17) is 23.2 Å². The van der Waals surface area contributed by atoms with E-state index in [0.717, 1.165) is 11.1 Å². The van der Waals surface area contributed by atoms with Gasteiger partial charge in [0.1, 0.15) is 0 Å². The average Bonchev–Trinajstić information content (AvgIpc) is 3.16. The Kier molecular flexibility index (Phi) is 6.62. The minimum atomic E-state index is -1.19. The Morgan fingerprint density at radius 3 is 2.59 bits per heavy atom. The first-order chi connectivity index (χ1) is 15.4. The van der Waals surface area contributed by atoms with Crippen molar-refractivity contribution in [2.45, 2.75) is 37.8 Å². The number of carboxylic acids is 1. The molecule has 0 spiro atoms. The number of fused-ring (bicyclic) bond motifs is 1. The fraction of sp³-hybridized carbons (Fsp3) is 0.273. The molecule has 0 aliphatic carbocycles. The topological polar surface area (TPSA) is 112 Å². The van der Waals surface area contributed by atoms with Gasteiger partial charge in [-0.25, -0.2) is 4.68 Å². The van der Waals surface area contributed by atoms with Gasteiger partial charge in [-0.2, -0.15) is 4.98 Å². The fourth-order valence-electron chi connectivity index (χ4n) is 3.73. The summed E-state index contributed by atoms with van der Waals surface area (Å²) in [6.07, 6.45) is 0.688. The van der Waals surface area contributed by atoms with Crippen LogP contribution in [0.2, 0.25) is 10.0 Å². The Bertz CT molecular complexity index is 1130. The first kappa shape index (κ1) is 22.1. The minimum Gasteiger partial charge on any atom is -0.550 e. The summed E-state index contributed by atoms with van der Waals surface area (Å²) in [6, 6.07) is 14.8. The number of carbonyl (C=O) groups excluding carboxylic acids is 2. The number of halogens is 2. The number of rotatable bonds is 7. The predicted octanol–water partition coefficient (Wildman–Crippen LogP) is 3.59. The molecule has 0 saturated heterocycles. The van der Waals surface area contributed by atoms with E-state index in [1.807, 2.05) is 48.5 Å². The van der Waals surface area contributed by atoms with Crippen molar-refractivity contribution in [3.63, 3.8) is 0 Å². The number of carboxylic acid groups (broad SMARTS) is 1. The molecule has 3 aromatic rings. The highest BCUT2D eigenvalue weighted by molar-refractivity contribution is 6.31. The first-order valence-corrected chi connectivity index (χ1v) is 10.9. The molecule has 2 atom stereocenters. The average molecular weight is 473 g/mol. The molecule has 2 heterocycles. The van der Waals surface area contributed by atoms with E-state index < -0.39 is 5.97 Å². The van der Waals surface area contributed by atoms with Crippen molar-refractivity contribution in [2.75, 3.05) is 10.6 Å². The third-order valence-corrected chi connectivity index (χ3v) is 5.86. The standard InChI is InChI=1S/C22H21Cl2N5O3/c23-14-10-8-13(9-11-14)17-12-18(15-4-1-2-5-16(15)24)29-22(25-17)27-21(28-29)26-19(30)6-3-7-20(31)32/h1-2,4-5,8-11,17-18H,3,6-7,12H2,(H,31,32)(H2,25,26,27,28,30)/p-1/t17-,18-/m1/s1. The molecule has 0 bridgehead atoms. The fourth-order valence-corrected chi connectivity index (χ4v) is 4.12. The predicted molar refractivity (Wildman–Crippen MR) is 120 cm³/mol. The van der Waals surface area contributed by atoms with Crippen LogP contribution in [0.15, 0.2) is 48.5 Å². The van der Waals surface area contributed by atoms with Crippen LogP contribution in [0.5, 0.6) is 0 Å². The molecule has 4 rings (SSSR count). The SMILES string of the molecule is O=C([O-])CCCC(=O)Nc1nc2n(n1)[C@@H](c1ccccc1Cl)C[C@H](c1ccc(Cl)cc1)N2. The number of hydrogen-bond donors (Lipinski definition) is 2. The van der Waals surface area contributed by atoms with Crippen LogP contribution in [0.25, 0.3) is 0 Å². The van der Waals surface area contributed by atoms with Crippen molar-refractivity contribution < 1.29 is 14.7 Å². The van der Waals surface area contributed by atoms with Crippen LogP contribution in [0.4, 0.5) is 11.9 Å². The van der Waals surface area contributed by atoms with Gasteiger partial charge in [0.05, 0.1) is 12.1 Å². The molecule has 1 amide bonds. The van der Waals surface area contributed by atoms with Gasteiger partial charge in [-0.1, -0.05) is 53.5 Å². The second kappa shape index (κ2) is 9.58. The summed E-state index contributed by atoms with van der Waals surface area (Å²) in [4.78, 5) is 27.1. The highest BCUT2D eigenvalue weighted by Crippen LogP contribution is 2.40. The Hall–Kier alpha value is -3.10. The number of carbonyl (C=O) groups is 2. The molecule has 32 heavy (non-hydrogen) atoms. The normalized spacial score (nSPS) is 17.3. The van der Waals surface area contributed by atoms with Gasteiger partial charge < -0.3 is 15.2 Å². The van der Waals surface area contributed by atoms with Crippen molar-refractivity contribution in [1.82, 2.24) is 14.8 Å². The molecule has 1 aromatic heterocycles. The Labute approximate surface area is 194 Å². The number of amides is 1. The molecular weight excluding hydrogens is 453 g/mol. The molecule has 2 aromatic carbocycles. The van der Waals surface area contributed by atoms with Crippen LogP contribution in [-0.4, -0.2) is 26.6 Å². The molecule has 10 heteroatoms. The van der Waals surface area contributed by atoms with Crippen molar-refractivity contribution in [3.8, 4) is 0 Å². The van der Waals surface area contributed by atoms with Gasteiger partial charge in [0.15, 0.2) is 0 Å². The van der Waals surface area contributed by atoms with Gasteiger partial charge in [0, 0.05) is 22.4 Å². The molecule has 2 N–H and O–H groups in total. The zero-order valence-corrected chi connectivity index (χ0v) is 18.4. The van der Waals surface area contributed by atoms with E-state index in [0.29, 0.717) is 22.4 Å². The smallest absolute Gasteiger partial charge is 0.250 e. The summed E-state index contributed by atoms with van der Waals surface area (Å²) in [5, 5.41) is 22.3. The van der Waals surface area contributed by atoms with Crippen LogP contribution in [0, 0.1) is 0 Å². The maximum absolute atomic E-state index is 12.2. The van der Waals surface area contributed by atoms with Crippen molar-refractivity contribution in [3.05, 3.63) is 69.7 Å². The van der Waals surface area contributed by atoms with Crippen molar-refractivity contribution in [1.29, 1.82) is 0 Å². The van der Waals surface area contributed by atoms with Gasteiger partial charge in [-0.3, -0.25) is 10.1 Å². The Morgan fingerprint density at radius 2 is 1.88 bits per heavy atom. The molecule has 8 nitrogen and oxygen atoms in total. The maximum Gasteiger partial charge on any atom is 0.250 e. The lowest BCUT2D eigenvalue weighted by Gasteiger charge is -2.32. The molecule has 0 saturated carbocycles. The summed E-state index contributed by atoms with van der Waals surface area (Å²) in [5.74, 6) is -0.919. The molecule has 1 aliphatic heterocycles. The van der Waals surface area contributed by atoms with Gasteiger partial charge in [-0.15, -0.1) is 5.10 Å². The highest BCUT2D eigenvalue weighted by atomic mass is 35.5. The van der Waals surface area contributed by atoms with Crippen molar-refractivity contribution >= 4 is 47.0 Å². The van der Waals surface area contributed by atoms with Gasteiger partial charge in [-0.05, 0) is 48.6 Å². The molecule has 1 aliphatic rings. The van der Waals surface area contributed by atoms with Gasteiger partial charge in [0.2, 0.25) is 11.9 Å². The monoisotopic (exact) mass is 472 g/mol. The summed E-state index contributed by atoms with van der Waals surface area (Å²) in [6.45, 7) is 0. The summed E-state index contributed by atoms with van der Waals surface area (Å²) < 4.78 is 1.71. The quantitative estimate of drug-likeness (QED) is 0.543. The third kappa shape index (κ3) is 5.03. The number of anilines is 2. The first-order valence-electron chi connectivity index (χ1n) is 10.1.